The molecule has 5 rings (SSSR count). The Morgan fingerprint density at radius 3 is 2.33 bits per heavy atom. The number of carbonyl (C=O) groups is 2. The first kappa shape index (κ1) is 22.0. The Bertz CT molecular complexity index is 951. The number of aromatic nitrogens is 1. The third-order valence-corrected chi connectivity index (χ3v) is 7.51. The zero-order valence-electron chi connectivity index (χ0n) is 19.2. The molecule has 174 valence electrons. The summed E-state index contributed by atoms with van der Waals surface area (Å²) in [6.07, 6.45) is 7.76. The SMILES string of the molecule is O=C1NC2(CCN(CCc3ccccc3)CC2)C(=O)N1C1CCN(Cc2cccnc2)CC1. The number of nitrogens with one attached hydrogen (secondary N) is 1. The highest BCUT2D eigenvalue weighted by Gasteiger charge is 2.54. The molecule has 0 unspecified atom stereocenters. The molecule has 3 aliphatic heterocycles. The van der Waals surface area contributed by atoms with Gasteiger partial charge in [-0.3, -0.25) is 19.6 Å². The van der Waals surface area contributed by atoms with Crippen molar-refractivity contribution in [2.75, 3.05) is 32.7 Å². The molecule has 0 atom stereocenters. The zero-order valence-corrected chi connectivity index (χ0v) is 19.2. The maximum atomic E-state index is 13.5. The summed E-state index contributed by atoms with van der Waals surface area (Å²) in [5, 5.41) is 3.10. The summed E-state index contributed by atoms with van der Waals surface area (Å²) in [5.41, 5.74) is 1.83. The molecule has 4 heterocycles. The van der Waals surface area contributed by atoms with E-state index in [0.29, 0.717) is 12.8 Å². The van der Waals surface area contributed by atoms with Crippen molar-refractivity contribution < 1.29 is 9.59 Å². The van der Waals surface area contributed by atoms with Crippen LogP contribution >= 0.6 is 0 Å². The molecule has 0 radical (unpaired) electrons. The molecular weight excluding hydrogens is 414 g/mol. The van der Waals surface area contributed by atoms with Crippen molar-refractivity contribution in [3.63, 3.8) is 0 Å². The number of hydrogen-bond donors (Lipinski definition) is 1. The highest BCUT2D eigenvalue weighted by atomic mass is 16.2. The van der Waals surface area contributed by atoms with Gasteiger partial charge in [-0.05, 0) is 49.3 Å². The number of nitrogens with zero attached hydrogens (tertiary/aromatic N) is 4. The van der Waals surface area contributed by atoms with Crippen molar-refractivity contribution in [2.45, 2.75) is 50.2 Å². The fraction of sp³-hybridized carbons (Fsp3) is 0.500. The van der Waals surface area contributed by atoms with Gasteiger partial charge in [0.25, 0.3) is 5.91 Å². The summed E-state index contributed by atoms with van der Waals surface area (Å²) in [7, 11) is 0. The van der Waals surface area contributed by atoms with Crippen molar-refractivity contribution in [3.8, 4) is 0 Å². The van der Waals surface area contributed by atoms with E-state index in [4.69, 9.17) is 0 Å². The molecule has 1 N–H and O–H groups in total. The number of amides is 3. The summed E-state index contributed by atoms with van der Waals surface area (Å²) in [6, 6.07) is 14.4. The quantitative estimate of drug-likeness (QED) is 0.690. The van der Waals surface area contributed by atoms with E-state index >= 15 is 0 Å². The average Bonchev–Trinajstić information content (AvgIpc) is 3.09. The van der Waals surface area contributed by atoms with Gasteiger partial charge in [0.1, 0.15) is 5.54 Å². The van der Waals surface area contributed by atoms with E-state index in [1.54, 1.807) is 11.1 Å². The third kappa shape index (κ3) is 4.80. The van der Waals surface area contributed by atoms with Crippen molar-refractivity contribution >= 4 is 11.9 Å². The average molecular weight is 448 g/mol. The van der Waals surface area contributed by atoms with Crippen molar-refractivity contribution in [2.24, 2.45) is 0 Å². The van der Waals surface area contributed by atoms with E-state index in [0.717, 1.165) is 58.5 Å². The minimum Gasteiger partial charge on any atom is -0.323 e. The molecule has 0 bridgehead atoms. The van der Waals surface area contributed by atoms with Gasteiger partial charge in [0, 0.05) is 57.7 Å². The Balaban J connectivity index is 1.13. The first-order chi connectivity index (χ1) is 16.1. The van der Waals surface area contributed by atoms with Crippen LogP contribution < -0.4 is 5.32 Å². The number of pyridine rings is 1. The number of urea groups is 1. The highest BCUT2D eigenvalue weighted by molar-refractivity contribution is 6.07. The molecular formula is C26H33N5O2. The van der Waals surface area contributed by atoms with Gasteiger partial charge in [-0.25, -0.2) is 4.79 Å². The molecule has 2 aromatic rings. The van der Waals surface area contributed by atoms with Crippen LogP contribution in [0, 0.1) is 0 Å². The zero-order chi connectivity index (χ0) is 22.7. The Kier molecular flexibility index (Phi) is 6.42. The summed E-state index contributed by atoms with van der Waals surface area (Å²) in [4.78, 5) is 36.9. The number of piperidine rings is 2. The molecule has 1 spiro atoms. The predicted octanol–water partition coefficient (Wildman–Crippen LogP) is 2.68. The van der Waals surface area contributed by atoms with Crippen LogP contribution in [-0.4, -0.2) is 75.9 Å². The van der Waals surface area contributed by atoms with Gasteiger partial charge in [-0.15, -0.1) is 0 Å². The molecule has 0 aliphatic carbocycles. The van der Waals surface area contributed by atoms with E-state index in [1.165, 1.54) is 11.1 Å². The number of imide groups is 1. The Morgan fingerprint density at radius 1 is 0.909 bits per heavy atom. The predicted molar refractivity (Wildman–Crippen MR) is 126 cm³/mol. The number of benzene rings is 1. The normalized spacial score (nSPS) is 22.1. The van der Waals surface area contributed by atoms with Crippen LogP contribution in [0.25, 0.3) is 0 Å². The minimum absolute atomic E-state index is 0.000851. The van der Waals surface area contributed by atoms with Gasteiger partial charge in [0.2, 0.25) is 0 Å². The van der Waals surface area contributed by atoms with Gasteiger partial charge in [0.05, 0.1) is 0 Å². The lowest BCUT2D eigenvalue weighted by Crippen LogP contribution is -2.55. The number of hydrogen-bond acceptors (Lipinski definition) is 5. The lowest BCUT2D eigenvalue weighted by Gasteiger charge is -2.38. The van der Waals surface area contributed by atoms with Gasteiger partial charge >= 0.3 is 6.03 Å². The highest BCUT2D eigenvalue weighted by Crippen LogP contribution is 2.33. The van der Waals surface area contributed by atoms with Crippen LogP contribution in [0.2, 0.25) is 0 Å². The summed E-state index contributed by atoms with van der Waals surface area (Å²) < 4.78 is 0. The van der Waals surface area contributed by atoms with Crippen LogP contribution in [0.3, 0.4) is 0 Å². The first-order valence-corrected chi connectivity index (χ1v) is 12.2. The molecule has 7 nitrogen and oxygen atoms in total. The van der Waals surface area contributed by atoms with E-state index in [1.807, 2.05) is 18.3 Å². The molecule has 1 aromatic carbocycles. The topological polar surface area (TPSA) is 68.8 Å². The van der Waals surface area contributed by atoms with Crippen molar-refractivity contribution in [1.29, 1.82) is 0 Å². The fourth-order valence-corrected chi connectivity index (χ4v) is 5.49. The molecule has 7 heteroatoms. The Hall–Kier alpha value is -2.77. The second-order valence-corrected chi connectivity index (χ2v) is 9.63. The maximum absolute atomic E-state index is 13.5. The second-order valence-electron chi connectivity index (χ2n) is 9.63. The smallest absolute Gasteiger partial charge is 0.323 e. The van der Waals surface area contributed by atoms with Gasteiger partial charge in [0.15, 0.2) is 0 Å². The lowest BCUT2D eigenvalue weighted by atomic mass is 9.86. The summed E-state index contributed by atoms with van der Waals surface area (Å²) >= 11 is 0. The van der Waals surface area contributed by atoms with Crippen LogP contribution in [0.4, 0.5) is 4.79 Å². The number of likely N-dealkylation sites (tertiary alicyclic amines) is 2. The van der Waals surface area contributed by atoms with Gasteiger partial charge < -0.3 is 10.2 Å². The molecule has 3 aliphatic rings. The number of rotatable bonds is 6. The molecule has 0 saturated carbocycles. The maximum Gasteiger partial charge on any atom is 0.325 e. The van der Waals surface area contributed by atoms with Crippen molar-refractivity contribution in [3.05, 3.63) is 66.0 Å². The van der Waals surface area contributed by atoms with Gasteiger partial charge in [-0.2, -0.15) is 0 Å². The largest absolute Gasteiger partial charge is 0.325 e. The summed E-state index contributed by atoms with van der Waals surface area (Å²) in [5.74, 6) is 0.000851. The van der Waals surface area contributed by atoms with Crippen LogP contribution in [0.15, 0.2) is 54.9 Å². The van der Waals surface area contributed by atoms with Gasteiger partial charge in [-0.1, -0.05) is 36.4 Å². The van der Waals surface area contributed by atoms with E-state index in [2.05, 4.69) is 50.4 Å². The molecule has 3 saturated heterocycles. The first-order valence-electron chi connectivity index (χ1n) is 12.2. The van der Waals surface area contributed by atoms with E-state index < -0.39 is 5.54 Å². The van der Waals surface area contributed by atoms with Crippen LogP contribution in [0.5, 0.6) is 0 Å². The standard InChI is InChI=1S/C26H33N5O2/c32-24-26(11-17-29(18-12-26)14-8-21-5-2-1-3-6-21)28-25(33)31(24)23-9-15-30(16-10-23)20-22-7-4-13-27-19-22/h1-7,13,19,23H,8-12,14-18,20H2,(H,28,33). The fourth-order valence-electron chi connectivity index (χ4n) is 5.49. The molecule has 3 amide bonds. The van der Waals surface area contributed by atoms with E-state index in [9.17, 15) is 9.59 Å². The second kappa shape index (κ2) is 9.61. The Morgan fingerprint density at radius 2 is 1.64 bits per heavy atom. The summed E-state index contributed by atoms with van der Waals surface area (Å²) in [6.45, 7) is 5.31. The Labute approximate surface area is 195 Å². The van der Waals surface area contributed by atoms with E-state index in [-0.39, 0.29) is 18.0 Å². The third-order valence-electron chi connectivity index (χ3n) is 7.51. The molecule has 33 heavy (non-hydrogen) atoms. The molecule has 3 fully saturated rings. The van der Waals surface area contributed by atoms with Crippen LogP contribution in [-0.2, 0) is 17.8 Å². The monoisotopic (exact) mass is 447 g/mol. The molecule has 1 aromatic heterocycles. The van der Waals surface area contributed by atoms with Crippen molar-refractivity contribution in [1.82, 2.24) is 25.0 Å². The minimum atomic E-state index is -0.701. The van der Waals surface area contributed by atoms with Crippen LogP contribution in [0.1, 0.15) is 36.8 Å². The number of carbonyl (C=O) groups excluding carboxylic acids is 2. The lowest BCUT2D eigenvalue weighted by molar-refractivity contribution is -0.135.